The standard InChI is InChI=1S/C21H16ClFN6OS/c1-13-2-5-15(6-3-13)29-20(18-11-24-8-9-25-18)27-28-21(29)31-12-19(30)26-14-4-7-17(23)16(22)10-14/h2-11H,12H2,1H3,(H,26,30). The van der Waals surface area contributed by atoms with Crippen molar-refractivity contribution >= 4 is 35.0 Å². The average molecular weight is 455 g/mol. The smallest absolute Gasteiger partial charge is 0.234 e. The molecule has 0 unspecified atom stereocenters. The summed E-state index contributed by atoms with van der Waals surface area (Å²) in [7, 11) is 0. The van der Waals surface area contributed by atoms with Crippen LogP contribution in [-0.2, 0) is 4.79 Å². The van der Waals surface area contributed by atoms with E-state index in [4.69, 9.17) is 11.6 Å². The lowest BCUT2D eigenvalue weighted by molar-refractivity contribution is -0.113. The van der Waals surface area contributed by atoms with Crippen LogP contribution in [0.5, 0.6) is 0 Å². The number of benzene rings is 2. The fourth-order valence-corrected chi connectivity index (χ4v) is 3.70. The molecular formula is C21H16ClFN6OS. The maximum absolute atomic E-state index is 13.3. The molecule has 2 aromatic carbocycles. The zero-order valence-corrected chi connectivity index (χ0v) is 17.9. The van der Waals surface area contributed by atoms with Crippen molar-refractivity contribution in [2.24, 2.45) is 0 Å². The van der Waals surface area contributed by atoms with Gasteiger partial charge < -0.3 is 5.32 Å². The molecule has 4 rings (SSSR count). The molecule has 0 aliphatic heterocycles. The first-order valence-electron chi connectivity index (χ1n) is 9.18. The summed E-state index contributed by atoms with van der Waals surface area (Å²) in [6.07, 6.45) is 4.77. The lowest BCUT2D eigenvalue weighted by Crippen LogP contribution is -2.14. The Morgan fingerprint density at radius 2 is 1.97 bits per heavy atom. The van der Waals surface area contributed by atoms with Crippen LogP contribution in [0.15, 0.2) is 66.2 Å². The Morgan fingerprint density at radius 1 is 1.16 bits per heavy atom. The van der Waals surface area contributed by atoms with Gasteiger partial charge in [0.2, 0.25) is 5.91 Å². The molecule has 0 bridgehead atoms. The molecule has 0 atom stereocenters. The van der Waals surface area contributed by atoms with Crippen LogP contribution in [0.3, 0.4) is 0 Å². The summed E-state index contributed by atoms with van der Waals surface area (Å²) in [6.45, 7) is 2.00. The Morgan fingerprint density at radius 3 is 2.68 bits per heavy atom. The van der Waals surface area contributed by atoms with E-state index in [2.05, 4.69) is 25.5 Å². The van der Waals surface area contributed by atoms with E-state index in [-0.39, 0.29) is 16.7 Å². The number of amides is 1. The summed E-state index contributed by atoms with van der Waals surface area (Å²) < 4.78 is 15.1. The van der Waals surface area contributed by atoms with Gasteiger partial charge >= 0.3 is 0 Å². The largest absolute Gasteiger partial charge is 0.325 e. The summed E-state index contributed by atoms with van der Waals surface area (Å²) in [6, 6.07) is 11.9. The van der Waals surface area contributed by atoms with Crippen LogP contribution in [0.4, 0.5) is 10.1 Å². The summed E-state index contributed by atoms with van der Waals surface area (Å²) in [5.41, 5.74) is 2.93. The van der Waals surface area contributed by atoms with Gasteiger partial charge in [-0.1, -0.05) is 41.1 Å². The molecule has 0 spiro atoms. The molecule has 1 amide bonds. The molecule has 0 aliphatic carbocycles. The van der Waals surface area contributed by atoms with E-state index >= 15 is 0 Å². The number of halogens is 2. The Kier molecular flexibility index (Phi) is 6.24. The number of nitrogens with one attached hydrogen (secondary N) is 1. The second-order valence-corrected chi connectivity index (χ2v) is 7.88. The van der Waals surface area contributed by atoms with Crippen LogP contribution in [0, 0.1) is 12.7 Å². The number of thioether (sulfide) groups is 1. The number of nitrogens with zero attached hydrogens (tertiary/aromatic N) is 5. The molecule has 0 saturated carbocycles. The van der Waals surface area contributed by atoms with Crippen LogP contribution in [0.25, 0.3) is 17.2 Å². The van der Waals surface area contributed by atoms with E-state index in [9.17, 15) is 9.18 Å². The third kappa shape index (κ3) is 4.89. The van der Waals surface area contributed by atoms with Gasteiger partial charge in [0, 0.05) is 23.8 Å². The highest BCUT2D eigenvalue weighted by Gasteiger charge is 2.18. The van der Waals surface area contributed by atoms with Crippen LogP contribution < -0.4 is 5.32 Å². The molecule has 156 valence electrons. The summed E-state index contributed by atoms with van der Waals surface area (Å²) in [4.78, 5) is 20.8. The summed E-state index contributed by atoms with van der Waals surface area (Å²) >= 11 is 6.99. The predicted molar refractivity (Wildman–Crippen MR) is 118 cm³/mol. The Bertz CT molecular complexity index is 1220. The van der Waals surface area contributed by atoms with Gasteiger partial charge in [-0.3, -0.25) is 14.3 Å². The molecule has 2 aromatic heterocycles. The predicted octanol–water partition coefficient (Wildman–Crippen LogP) is 4.56. The van der Waals surface area contributed by atoms with Gasteiger partial charge in [-0.15, -0.1) is 10.2 Å². The van der Waals surface area contributed by atoms with Gasteiger partial charge in [0.25, 0.3) is 0 Å². The molecule has 0 aliphatic rings. The fraction of sp³-hybridized carbons (Fsp3) is 0.0952. The van der Waals surface area contributed by atoms with Crippen molar-refractivity contribution < 1.29 is 9.18 Å². The zero-order valence-electron chi connectivity index (χ0n) is 16.3. The minimum absolute atomic E-state index is 0.0572. The van der Waals surface area contributed by atoms with E-state index in [0.717, 1.165) is 11.3 Å². The normalized spacial score (nSPS) is 10.8. The Balaban J connectivity index is 1.57. The Hall–Kier alpha value is -3.30. The van der Waals surface area contributed by atoms with E-state index in [1.807, 2.05) is 35.8 Å². The summed E-state index contributed by atoms with van der Waals surface area (Å²) in [5.74, 6) is -0.242. The van der Waals surface area contributed by atoms with Crippen LogP contribution in [0.1, 0.15) is 5.56 Å². The molecule has 7 nitrogen and oxygen atoms in total. The third-order valence-electron chi connectivity index (χ3n) is 4.25. The van der Waals surface area contributed by atoms with Crippen LogP contribution in [-0.4, -0.2) is 36.4 Å². The van der Waals surface area contributed by atoms with Gasteiger partial charge in [-0.25, -0.2) is 9.37 Å². The van der Waals surface area contributed by atoms with Crippen molar-refractivity contribution in [2.45, 2.75) is 12.1 Å². The topological polar surface area (TPSA) is 85.6 Å². The number of carbonyl (C=O) groups is 1. The molecule has 10 heteroatoms. The number of rotatable bonds is 6. The van der Waals surface area contributed by atoms with E-state index in [0.29, 0.717) is 22.4 Å². The van der Waals surface area contributed by atoms with Crippen molar-refractivity contribution in [3.8, 4) is 17.2 Å². The van der Waals surface area contributed by atoms with Crippen LogP contribution in [0.2, 0.25) is 5.02 Å². The first-order valence-corrected chi connectivity index (χ1v) is 10.5. The molecule has 0 radical (unpaired) electrons. The maximum atomic E-state index is 13.3. The molecule has 1 N–H and O–H groups in total. The highest BCUT2D eigenvalue weighted by atomic mass is 35.5. The van der Waals surface area contributed by atoms with Crippen molar-refractivity contribution in [3.05, 3.63) is 77.5 Å². The van der Waals surface area contributed by atoms with Gasteiger partial charge in [-0.05, 0) is 37.3 Å². The molecule has 0 fully saturated rings. The second kappa shape index (κ2) is 9.23. The number of hydrogen-bond acceptors (Lipinski definition) is 6. The van der Waals surface area contributed by atoms with Crippen molar-refractivity contribution in [2.75, 3.05) is 11.1 Å². The second-order valence-electron chi connectivity index (χ2n) is 6.53. The van der Waals surface area contributed by atoms with E-state index in [1.54, 1.807) is 18.6 Å². The SMILES string of the molecule is Cc1ccc(-n2c(SCC(=O)Nc3ccc(F)c(Cl)c3)nnc2-c2cnccn2)cc1. The first kappa shape index (κ1) is 21.0. The van der Waals surface area contributed by atoms with Gasteiger partial charge in [0.05, 0.1) is 17.0 Å². The van der Waals surface area contributed by atoms with E-state index in [1.165, 1.54) is 30.0 Å². The molecule has 4 aromatic rings. The number of anilines is 1. The molecule has 0 saturated heterocycles. The number of aryl methyl sites for hydroxylation is 1. The highest BCUT2D eigenvalue weighted by Crippen LogP contribution is 2.27. The highest BCUT2D eigenvalue weighted by molar-refractivity contribution is 7.99. The minimum Gasteiger partial charge on any atom is -0.325 e. The number of carbonyl (C=O) groups excluding carboxylic acids is 1. The van der Waals surface area contributed by atoms with E-state index < -0.39 is 5.82 Å². The van der Waals surface area contributed by atoms with Crippen molar-refractivity contribution in [3.63, 3.8) is 0 Å². The maximum Gasteiger partial charge on any atom is 0.234 e. The fourth-order valence-electron chi connectivity index (χ4n) is 2.77. The van der Waals surface area contributed by atoms with Crippen LogP contribution >= 0.6 is 23.4 Å². The zero-order chi connectivity index (χ0) is 21.8. The molecule has 2 heterocycles. The molecule has 31 heavy (non-hydrogen) atoms. The summed E-state index contributed by atoms with van der Waals surface area (Å²) in [5, 5.41) is 11.7. The number of hydrogen-bond donors (Lipinski definition) is 1. The lowest BCUT2D eigenvalue weighted by atomic mass is 10.2. The Labute approximate surface area is 186 Å². The van der Waals surface area contributed by atoms with Gasteiger partial charge in [0.1, 0.15) is 11.5 Å². The quantitative estimate of drug-likeness (QED) is 0.430. The molecular weight excluding hydrogens is 439 g/mol. The lowest BCUT2D eigenvalue weighted by Gasteiger charge is -2.10. The first-order chi connectivity index (χ1) is 15.0. The van der Waals surface area contributed by atoms with Crippen molar-refractivity contribution in [1.29, 1.82) is 0 Å². The number of aromatic nitrogens is 5. The monoisotopic (exact) mass is 454 g/mol. The average Bonchev–Trinajstić information content (AvgIpc) is 3.20. The van der Waals surface area contributed by atoms with Gasteiger partial charge in [0.15, 0.2) is 11.0 Å². The minimum atomic E-state index is -0.545. The third-order valence-corrected chi connectivity index (χ3v) is 5.47. The van der Waals surface area contributed by atoms with Gasteiger partial charge in [-0.2, -0.15) is 0 Å². The van der Waals surface area contributed by atoms with Crippen molar-refractivity contribution in [1.82, 2.24) is 24.7 Å².